The predicted octanol–water partition coefficient (Wildman–Crippen LogP) is 6.75. The summed E-state index contributed by atoms with van der Waals surface area (Å²) in [4.78, 5) is 28.5. The van der Waals surface area contributed by atoms with Gasteiger partial charge in [0.1, 0.15) is 11.6 Å². The van der Waals surface area contributed by atoms with Gasteiger partial charge in [0.05, 0.1) is 11.6 Å². The van der Waals surface area contributed by atoms with Crippen molar-refractivity contribution in [3.8, 4) is 0 Å². The van der Waals surface area contributed by atoms with Crippen molar-refractivity contribution in [3.63, 3.8) is 0 Å². The lowest BCUT2D eigenvalue weighted by molar-refractivity contribution is -0.140. The Bertz CT molecular complexity index is 1710. The lowest BCUT2D eigenvalue weighted by Gasteiger charge is -2.26. The summed E-state index contributed by atoms with van der Waals surface area (Å²) in [7, 11) is 0. The van der Waals surface area contributed by atoms with E-state index in [1.54, 1.807) is 18.2 Å². The molecular formula is C32H22FNO3. The van der Waals surface area contributed by atoms with Gasteiger partial charge in [-0.25, -0.2) is 4.39 Å². The molecule has 1 N–H and O–H groups in total. The van der Waals surface area contributed by atoms with Crippen molar-refractivity contribution in [1.82, 2.24) is 4.90 Å². The molecule has 1 amide bonds. The van der Waals surface area contributed by atoms with Crippen LogP contribution in [0, 0.1) is 5.82 Å². The lowest BCUT2D eigenvalue weighted by Crippen LogP contribution is -2.29. The molecule has 4 nitrogen and oxygen atoms in total. The summed E-state index contributed by atoms with van der Waals surface area (Å²) in [6, 6.07) is 31.6. The number of rotatable bonds is 4. The van der Waals surface area contributed by atoms with E-state index in [9.17, 15) is 19.1 Å². The van der Waals surface area contributed by atoms with Crippen molar-refractivity contribution in [2.45, 2.75) is 12.6 Å². The second-order valence-electron chi connectivity index (χ2n) is 9.15. The summed E-state index contributed by atoms with van der Waals surface area (Å²) < 4.78 is 13.6. The number of benzene rings is 5. The molecule has 5 aromatic carbocycles. The molecule has 1 atom stereocenters. The number of aliphatic hydroxyl groups excluding tert-OH is 1. The number of fused-ring (bicyclic) bond motifs is 2. The number of carbonyl (C=O) groups excluding carboxylic acids is 2. The van der Waals surface area contributed by atoms with Gasteiger partial charge in [0.15, 0.2) is 0 Å². The number of halogens is 1. The zero-order valence-electron chi connectivity index (χ0n) is 19.8. The third kappa shape index (κ3) is 3.85. The van der Waals surface area contributed by atoms with Gasteiger partial charge >= 0.3 is 0 Å². The average molecular weight is 488 g/mol. The summed E-state index contributed by atoms with van der Waals surface area (Å²) in [5.74, 6) is -2.04. The zero-order chi connectivity index (χ0) is 25.5. The number of ketones is 1. The number of likely N-dealkylation sites (tertiary alicyclic amines) is 1. The van der Waals surface area contributed by atoms with E-state index >= 15 is 0 Å². The molecule has 6 rings (SSSR count). The summed E-state index contributed by atoms with van der Waals surface area (Å²) in [6.45, 7) is 0.0884. The minimum absolute atomic E-state index is 0.0415. The molecule has 1 fully saturated rings. The minimum atomic E-state index is -0.824. The zero-order valence-corrected chi connectivity index (χ0v) is 19.8. The first-order chi connectivity index (χ1) is 18.0. The second kappa shape index (κ2) is 9.03. The Hall–Kier alpha value is -4.77. The van der Waals surface area contributed by atoms with Gasteiger partial charge in [0.25, 0.3) is 11.7 Å². The maximum atomic E-state index is 13.6. The first-order valence-electron chi connectivity index (χ1n) is 12.0. The molecule has 0 saturated carbocycles. The van der Waals surface area contributed by atoms with Gasteiger partial charge in [-0.2, -0.15) is 0 Å². The van der Waals surface area contributed by atoms with Crippen molar-refractivity contribution in [3.05, 3.63) is 137 Å². The quantitative estimate of drug-likeness (QED) is 0.173. The number of nitrogens with zero attached hydrogens (tertiary/aromatic N) is 1. The lowest BCUT2D eigenvalue weighted by atomic mass is 9.90. The number of Topliss-reactive ketones (excluding diaryl/α,β-unsaturated/α-hetero) is 1. The Morgan fingerprint density at radius 2 is 1.32 bits per heavy atom. The molecule has 37 heavy (non-hydrogen) atoms. The Labute approximate surface area is 212 Å². The molecule has 1 unspecified atom stereocenters. The molecule has 5 aromatic rings. The maximum absolute atomic E-state index is 13.6. The molecule has 180 valence electrons. The van der Waals surface area contributed by atoms with E-state index in [1.807, 2.05) is 78.9 Å². The maximum Gasteiger partial charge on any atom is 0.295 e. The Kier molecular flexibility index (Phi) is 5.53. The first-order valence-corrected chi connectivity index (χ1v) is 12.0. The highest BCUT2D eigenvalue weighted by Gasteiger charge is 2.46. The van der Waals surface area contributed by atoms with Crippen LogP contribution in [0.4, 0.5) is 4.39 Å². The molecule has 5 heteroatoms. The van der Waals surface area contributed by atoms with Crippen LogP contribution < -0.4 is 0 Å². The topological polar surface area (TPSA) is 57.6 Å². The van der Waals surface area contributed by atoms with E-state index in [4.69, 9.17) is 0 Å². The van der Waals surface area contributed by atoms with Gasteiger partial charge in [0.2, 0.25) is 0 Å². The van der Waals surface area contributed by atoms with Gasteiger partial charge in [-0.3, -0.25) is 9.59 Å². The van der Waals surface area contributed by atoms with Gasteiger partial charge < -0.3 is 10.0 Å². The SMILES string of the molecule is O=C1C(=O)N(Cc2ccc(F)cc2)C(c2cccc3ccccc23)/C1=C(\O)c1cccc2ccccc12. The number of hydrogen-bond donors (Lipinski definition) is 1. The Morgan fingerprint density at radius 1 is 0.730 bits per heavy atom. The Morgan fingerprint density at radius 3 is 2.05 bits per heavy atom. The van der Waals surface area contributed by atoms with Crippen molar-refractivity contribution >= 4 is 39.0 Å². The van der Waals surface area contributed by atoms with E-state index in [1.165, 1.54) is 17.0 Å². The van der Waals surface area contributed by atoms with Crippen molar-refractivity contribution in [1.29, 1.82) is 0 Å². The molecule has 0 bridgehead atoms. The summed E-state index contributed by atoms with van der Waals surface area (Å²) in [5.41, 5.74) is 1.95. The molecule has 1 saturated heterocycles. The van der Waals surface area contributed by atoms with E-state index < -0.39 is 17.7 Å². The van der Waals surface area contributed by atoms with Crippen molar-refractivity contribution in [2.24, 2.45) is 0 Å². The third-order valence-corrected chi connectivity index (χ3v) is 6.97. The molecule has 0 radical (unpaired) electrons. The normalized spacial score (nSPS) is 17.1. The minimum Gasteiger partial charge on any atom is -0.507 e. The van der Waals surface area contributed by atoms with Crippen LogP contribution in [-0.4, -0.2) is 21.7 Å². The van der Waals surface area contributed by atoms with Gasteiger partial charge in [-0.1, -0.05) is 97.1 Å². The van der Waals surface area contributed by atoms with Gasteiger partial charge in [-0.05, 0) is 44.8 Å². The molecule has 1 aliphatic heterocycles. The van der Waals surface area contributed by atoms with Crippen LogP contribution in [0.25, 0.3) is 27.3 Å². The van der Waals surface area contributed by atoms with E-state index in [2.05, 4.69) is 0 Å². The van der Waals surface area contributed by atoms with Crippen LogP contribution in [0.2, 0.25) is 0 Å². The van der Waals surface area contributed by atoms with E-state index in [-0.39, 0.29) is 23.7 Å². The number of aliphatic hydroxyl groups is 1. The fourth-order valence-electron chi connectivity index (χ4n) is 5.22. The molecular weight excluding hydrogens is 465 g/mol. The molecule has 1 aliphatic rings. The van der Waals surface area contributed by atoms with Gasteiger partial charge in [0, 0.05) is 12.1 Å². The standard InChI is InChI=1S/C32H22FNO3/c33-23-17-15-20(16-18-23)19-34-29(26-13-5-9-21-7-1-3-11-24(21)26)28(31(36)32(34)37)30(35)27-14-6-10-22-8-2-4-12-25(22)27/h1-18,29,35H,19H2/b30-28+. The highest BCUT2D eigenvalue weighted by Crippen LogP contribution is 2.43. The first kappa shape index (κ1) is 22.7. The highest BCUT2D eigenvalue weighted by atomic mass is 19.1. The van der Waals surface area contributed by atoms with Crippen LogP contribution >= 0.6 is 0 Å². The van der Waals surface area contributed by atoms with E-state index in [0.29, 0.717) is 11.1 Å². The average Bonchev–Trinajstić information content (AvgIpc) is 3.18. The number of amides is 1. The number of carbonyl (C=O) groups is 2. The van der Waals surface area contributed by atoms with E-state index in [0.717, 1.165) is 27.1 Å². The Balaban J connectivity index is 1.60. The van der Waals surface area contributed by atoms with Gasteiger partial charge in [-0.15, -0.1) is 0 Å². The van der Waals surface area contributed by atoms with Crippen molar-refractivity contribution < 1.29 is 19.1 Å². The second-order valence-corrected chi connectivity index (χ2v) is 9.15. The van der Waals surface area contributed by atoms with Crippen LogP contribution in [0.1, 0.15) is 22.7 Å². The van der Waals surface area contributed by atoms with Crippen LogP contribution in [0.3, 0.4) is 0 Å². The molecule has 1 heterocycles. The third-order valence-electron chi connectivity index (χ3n) is 6.97. The summed E-state index contributed by atoms with van der Waals surface area (Å²) in [5, 5.41) is 15.2. The molecule has 0 aromatic heterocycles. The van der Waals surface area contributed by atoms with Crippen molar-refractivity contribution in [2.75, 3.05) is 0 Å². The van der Waals surface area contributed by atoms with Crippen LogP contribution in [0.15, 0.2) is 115 Å². The van der Waals surface area contributed by atoms with Crippen LogP contribution in [-0.2, 0) is 16.1 Å². The predicted molar refractivity (Wildman–Crippen MR) is 142 cm³/mol. The number of hydrogen-bond acceptors (Lipinski definition) is 3. The smallest absolute Gasteiger partial charge is 0.295 e. The summed E-state index contributed by atoms with van der Waals surface area (Å²) in [6.07, 6.45) is 0. The monoisotopic (exact) mass is 487 g/mol. The largest absolute Gasteiger partial charge is 0.507 e. The fourth-order valence-corrected chi connectivity index (χ4v) is 5.22. The van der Waals surface area contributed by atoms with Crippen LogP contribution in [0.5, 0.6) is 0 Å². The fraction of sp³-hybridized carbons (Fsp3) is 0.0625. The molecule has 0 spiro atoms. The molecule has 0 aliphatic carbocycles. The summed E-state index contributed by atoms with van der Waals surface area (Å²) >= 11 is 0. The highest BCUT2D eigenvalue weighted by molar-refractivity contribution is 6.46.